The van der Waals surface area contributed by atoms with E-state index in [4.69, 9.17) is 10.5 Å². The highest BCUT2D eigenvalue weighted by Gasteiger charge is 2.48. The van der Waals surface area contributed by atoms with Crippen molar-refractivity contribution in [3.05, 3.63) is 47.4 Å². The summed E-state index contributed by atoms with van der Waals surface area (Å²) in [5.74, 6) is -0.570. The molecule has 0 saturated carbocycles. The minimum absolute atomic E-state index is 0.0212. The van der Waals surface area contributed by atoms with E-state index in [1.807, 2.05) is 18.7 Å². The molecule has 8 nitrogen and oxygen atoms in total. The number of piperidine rings is 1. The van der Waals surface area contributed by atoms with Gasteiger partial charge in [-0.3, -0.25) is 14.7 Å². The lowest BCUT2D eigenvalue weighted by Gasteiger charge is -2.56. The van der Waals surface area contributed by atoms with Gasteiger partial charge in [0.15, 0.2) is 0 Å². The summed E-state index contributed by atoms with van der Waals surface area (Å²) >= 11 is 0. The van der Waals surface area contributed by atoms with Crippen LogP contribution >= 0.6 is 0 Å². The molecule has 1 unspecified atom stereocenters. The van der Waals surface area contributed by atoms with E-state index in [1.165, 1.54) is 17.3 Å². The second kappa shape index (κ2) is 8.98. The largest absolute Gasteiger partial charge is 0.446 e. The second-order valence-electron chi connectivity index (χ2n) is 10.1. The average Bonchev–Trinajstić information content (AvgIpc) is 3.25. The Balaban J connectivity index is 1.18. The van der Waals surface area contributed by atoms with Crippen LogP contribution in [0.25, 0.3) is 11.3 Å². The number of aromatic nitrogens is 2. The number of aryl methyl sites for hydroxylation is 1. The van der Waals surface area contributed by atoms with Gasteiger partial charge in [-0.15, -0.1) is 0 Å². The van der Waals surface area contributed by atoms with Gasteiger partial charge in [0.25, 0.3) is 5.91 Å². The molecule has 1 aromatic carbocycles. The predicted molar refractivity (Wildman–Crippen MR) is 128 cm³/mol. The summed E-state index contributed by atoms with van der Waals surface area (Å²) in [4.78, 5) is 36.5. The van der Waals surface area contributed by atoms with Gasteiger partial charge >= 0.3 is 6.09 Å². The van der Waals surface area contributed by atoms with Crippen molar-refractivity contribution in [1.29, 1.82) is 0 Å². The smallest absolute Gasteiger partial charge is 0.410 e. The first-order valence-electron chi connectivity index (χ1n) is 12.3. The molecule has 0 bridgehead atoms. The van der Waals surface area contributed by atoms with Crippen LogP contribution in [0.5, 0.6) is 0 Å². The van der Waals surface area contributed by atoms with E-state index in [0.29, 0.717) is 11.5 Å². The third-order valence-corrected chi connectivity index (χ3v) is 7.87. The van der Waals surface area contributed by atoms with E-state index in [2.05, 4.69) is 33.1 Å². The van der Waals surface area contributed by atoms with Gasteiger partial charge in [0.1, 0.15) is 11.8 Å². The molecule has 2 atom stereocenters. The SMILES string of the molecule is CCC(C)OC(=O)N1CCC2(CC1)CN([C@@H]1CCc3cc(-c4cnc(C(N)=O)cn4)ccc31)C2. The number of amides is 2. The lowest BCUT2D eigenvalue weighted by Crippen LogP contribution is -2.61. The maximum atomic E-state index is 12.3. The van der Waals surface area contributed by atoms with Gasteiger partial charge in [0.05, 0.1) is 18.1 Å². The van der Waals surface area contributed by atoms with Crippen LogP contribution in [0.3, 0.4) is 0 Å². The topological polar surface area (TPSA) is 102 Å². The number of fused-ring (bicyclic) bond motifs is 1. The van der Waals surface area contributed by atoms with Crippen LogP contribution < -0.4 is 5.73 Å². The maximum Gasteiger partial charge on any atom is 0.410 e. The molecule has 2 aromatic rings. The molecular formula is C26H33N5O3. The fourth-order valence-corrected chi connectivity index (χ4v) is 5.58. The Labute approximate surface area is 200 Å². The number of hydrogen-bond acceptors (Lipinski definition) is 6. The Morgan fingerprint density at radius 2 is 1.97 bits per heavy atom. The van der Waals surface area contributed by atoms with Gasteiger partial charge in [-0.05, 0) is 61.6 Å². The third kappa shape index (κ3) is 4.27. The van der Waals surface area contributed by atoms with Gasteiger partial charge < -0.3 is 15.4 Å². The monoisotopic (exact) mass is 463 g/mol. The van der Waals surface area contributed by atoms with Crippen molar-refractivity contribution in [1.82, 2.24) is 19.8 Å². The zero-order chi connectivity index (χ0) is 23.9. The third-order valence-electron chi connectivity index (χ3n) is 7.87. The molecule has 2 N–H and O–H groups in total. The van der Waals surface area contributed by atoms with Gasteiger partial charge in [-0.25, -0.2) is 9.78 Å². The van der Waals surface area contributed by atoms with E-state index >= 15 is 0 Å². The summed E-state index contributed by atoms with van der Waals surface area (Å²) < 4.78 is 5.51. The highest BCUT2D eigenvalue weighted by atomic mass is 16.6. The Morgan fingerprint density at radius 1 is 1.21 bits per heavy atom. The molecule has 5 rings (SSSR count). The van der Waals surface area contributed by atoms with E-state index in [9.17, 15) is 9.59 Å². The van der Waals surface area contributed by atoms with Crippen LogP contribution in [-0.4, -0.2) is 64.1 Å². The summed E-state index contributed by atoms with van der Waals surface area (Å²) in [6, 6.07) is 7.00. The van der Waals surface area contributed by atoms with Crippen molar-refractivity contribution >= 4 is 12.0 Å². The number of likely N-dealkylation sites (tertiary alicyclic amines) is 2. The van der Waals surface area contributed by atoms with Crippen LogP contribution in [0.4, 0.5) is 4.79 Å². The maximum absolute atomic E-state index is 12.3. The minimum Gasteiger partial charge on any atom is -0.446 e. The first-order valence-corrected chi connectivity index (χ1v) is 12.3. The molecule has 2 saturated heterocycles. The normalized spacial score (nSPS) is 22.2. The highest BCUT2D eigenvalue weighted by molar-refractivity contribution is 5.90. The van der Waals surface area contributed by atoms with Crippen LogP contribution in [0.1, 0.15) is 67.2 Å². The fourth-order valence-electron chi connectivity index (χ4n) is 5.58. The summed E-state index contributed by atoms with van der Waals surface area (Å²) in [6.07, 6.45) is 8.00. The van der Waals surface area contributed by atoms with Crippen molar-refractivity contribution in [2.24, 2.45) is 11.1 Å². The lowest BCUT2D eigenvalue weighted by atomic mass is 9.71. The Bertz CT molecular complexity index is 1070. The lowest BCUT2D eigenvalue weighted by molar-refractivity contribution is -0.0691. The second-order valence-corrected chi connectivity index (χ2v) is 10.1. The molecule has 2 amide bonds. The first kappa shape index (κ1) is 22.8. The molecule has 3 aliphatic rings. The number of rotatable bonds is 5. The molecule has 34 heavy (non-hydrogen) atoms. The number of carbonyl (C=O) groups excluding carboxylic acids is 2. The van der Waals surface area contributed by atoms with Crippen LogP contribution in [0, 0.1) is 5.41 Å². The molecule has 2 fully saturated rings. The van der Waals surface area contributed by atoms with Crippen LogP contribution in [-0.2, 0) is 11.2 Å². The number of nitrogens with zero attached hydrogens (tertiary/aromatic N) is 4. The van der Waals surface area contributed by atoms with E-state index in [1.54, 1.807) is 6.20 Å². The van der Waals surface area contributed by atoms with Gasteiger partial charge in [-0.1, -0.05) is 19.1 Å². The molecule has 2 aliphatic heterocycles. The fraction of sp³-hybridized carbons (Fsp3) is 0.538. The molecule has 8 heteroatoms. The van der Waals surface area contributed by atoms with Crippen molar-refractivity contribution in [3.8, 4) is 11.3 Å². The Kier molecular flexibility index (Phi) is 6.02. The van der Waals surface area contributed by atoms with Gasteiger partial charge in [0.2, 0.25) is 0 Å². The quantitative estimate of drug-likeness (QED) is 0.727. The molecule has 0 radical (unpaired) electrons. The van der Waals surface area contributed by atoms with Gasteiger partial charge in [-0.2, -0.15) is 0 Å². The number of ether oxygens (including phenoxy) is 1. The first-order chi connectivity index (χ1) is 16.4. The standard InChI is InChI=1S/C26H33N5O3/c1-3-17(2)34-25(33)30-10-8-26(9-11-30)15-31(16-26)23-7-5-18-12-19(4-6-20(18)23)21-13-29-22(14-28-21)24(27)32/h4,6,12-14,17,23H,3,5,7-11,15-16H2,1-2H3,(H2,27,32)/t17?,23-/m1/s1. The summed E-state index contributed by atoms with van der Waals surface area (Å²) in [5.41, 5.74) is 10.3. The number of benzene rings is 1. The molecule has 3 heterocycles. The van der Waals surface area contributed by atoms with Gasteiger partial charge in [0, 0.05) is 37.8 Å². The van der Waals surface area contributed by atoms with E-state index in [-0.39, 0.29) is 17.9 Å². The van der Waals surface area contributed by atoms with Crippen LogP contribution in [0.2, 0.25) is 0 Å². The number of carbonyl (C=O) groups is 2. The molecule has 1 aromatic heterocycles. The van der Waals surface area contributed by atoms with Crippen LogP contribution in [0.15, 0.2) is 30.6 Å². The van der Waals surface area contributed by atoms with Crippen molar-refractivity contribution in [2.75, 3.05) is 26.2 Å². The average molecular weight is 464 g/mol. The Morgan fingerprint density at radius 3 is 2.62 bits per heavy atom. The number of hydrogen-bond donors (Lipinski definition) is 1. The van der Waals surface area contributed by atoms with E-state index in [0.717, 1.165) is 69.5 Å². The predicted octanol–water partition coefficient (Wildman–Crippen LogP) is 3.56. The highest BCUT2D eigenvalue weighted by Crippen LogP contribution is 2.48. The molecule has 180 valence electrons. The zero-order valence-electron chi connectivity index (χ0n) is 20.0. The molecule has 1 aliphatic carbocycles. The Hall–Kier alpha value is -3.00. The van der Waals surface area contributed by atoms with Crippen molar-refractivity contribution in [3.63, 3.8) is 0 Å². The number of primary amides is 1. The van der Waals surface area contributed by atoms with E-state index < -0.39 is 5.91 Å². The zero-order valence-corrected chi connectivity index (χ0v) is 20.0. The number of nitrogens with two attached hydrogens (primary N) is 1. The molecular weight excluding hydrogens is 430 g/mol. The summed E-state index contributed by atoms with van der Waals surface area (Å²) in [5, 5.41) is 0. The minimum atomic E-state index is -0.570. The summed E-state index contributed by atoms with van der Waals surface area (Å²) in [6.45, 7) is 7.78. The van der Waals surface area contributed by atoms with Crippen molar-refractivity contribution < 1.29 is 14.3 Å². The molecule has 1 spiro atoms. The van der Waals surface area contributed by atoms with Crippen molar-refractivity contribution in [2.45, 2.75) is 58.1 Å². The summed E-state index contributed by atoms with van der Waals surface area (Å²) in [7, 11) is 0.